The van der Waals surface area contributed by atoms with Gasteiger partial charge in [0.1, 0.15) is 12.7 Å². The first-order valence-electron chi connectivity index (χ1n) is 10.8. The Bertz CT molecular complexity index is 1440. The van der Waals surface area contributed by atoms with E-state index in [2.05, 4.69) is 16.2 Å². The van der Waals surface area contributed by atoms with Gasteiger partial charge in [0.15, 0.2) is 0 Å². The number of benzene rings is 3. The van der Waals surface area contributed by atoms with Crippen LogP contribution in [-0.2, 0) is 16.4 Å². The summed E-state index contributed by atoms with van der Waals surface area (Å²) in [7, 11) is -3.96. The number of sulfone groups is 1. The number of nitriles is 1. The molecule has 0 saturated carbocycles. The maximum absolute atomic E-state index is 14.2. The van der Waals surface area contributed by atoms with E-state index in [1.54, 1.807) is 36.1 Å². The molecule has 8 heteroatoms. The molecule has 0 amide bonds. The fourth-order valence-electron chi connectivity index (χ4n) is 4.17. The van der Waals surface area contributed by atoms with E-state index in [-0.39, 0.29) is 15.7 Å². The molecule has 0 bridgehead atoms. The zero-order valence-corrected chi connectivity index (χ0v) is 20.4. The summed E-state index contributed by atoms with van der Waals surface area (Å²) in [5.74, 6) is -0.214. The van der Waals surface area contributed by atoms with E-state index in [1.165, 1.54) is 18.5 Å². The molecule has 0 spiro atoms. The van der Waals surface area contributed by atoms with Gasteiger partial charge >= 0.3 is 0 Å². The summed E-state index contributed by atoms with van der Waals surface area (Å²) in [5, 5.41) is 14.6. The predicted octanol–water partition coefficient (Wildman–Crippen LogP) is 5.81. The van der Waals surface area contributed by atoms with Crippen LogP contribution in [-0.4, -0.2) is 23.2 Å². The monoisotopic (exact) mass is 490 g/mol. The number of halogens is 1. The highest BCUT2D eigenvalue weighted by Gasteiger charge is 2.31. The van der Waals surface area contributed by atoms with Crippen LogP contribution in [0.5, 0.6) is 0 Å². The summed E-state index contributed by atoms with van der Waals surface area (Å²) < 4.78 is 30.0. The lowest BCUT2D eigenvalue weighted by atomic mass is 9.88. The van der Waals surface area contributed by atoms with E-state index in [4.69, 9.17) is 11.6 Å². The van der Waals surface area contributed by atoms with Crippen LogP contribution < -0.4 is 0 Å². The molecule has 1 unspecified atom stereocenters. The van der Waals surface area contributed by atoms with E-state index in [1.807, 2.05) is 37.3 Å². The molecule has 172 valence electrons. The largest absolute Gasteiger partial charge is 0.252 e. The molecule has 0 fully saturated rings. The Morgan fingerprint density at radius 1 is 1.12 bits per heavy atom. The third kappa shape index (κ3) is 4.47. The van der Waals surface area contributed by atoms with Crippen molar-refractivity contribution in [1.29, 1.82) is 5.26 Å². The molecule has 0 radical (unpaired) electrons. The van der Waals surface area contributed by atoms with Gasteiger partial charge in [-0.15, -0.1) is 0 Å². The fourth-order valence-corrected chi connectivity index (χ4v) is 6.10. The van der Waals surface area contributed by atoms with E-state index < -0.39 is 9.84 Å². The maximum Gasteiger partial charge on any atom is 0.207 e. The molecule has 0 aliphatic carbocycles. The zero-order valence-electron chi connectivity index (χ0n) is 18.8. The first-order valence-corrected chi connectivity index (χ1v) is 12.7. The first kappa shape index (κ1) is 23.7. The van der Waals surface area contributed by atoms with Gasteiger partial charge in [0, 0.05) is 23.0 Å². The topological polar surface area (TPSA) is 88.6 Å². The Morgan fingerprint density at radius 3 is 2.41 bits per heavy atom. The van der Waals surface area contributed by atoms with Crippen molar-refractivity contribution in [2.75, 3.05) is 0 Å². The second-order valence-electron chi connectivity index (χ2n) is 8.00. The first-order chi connectivity index (χ1) is 16.4. The Balaban J connectivity index is 2.08. The number of aromatic nitrogens is 3. The molecule has 0 aliphatic heterocycles. The van der Waals surface area contributed by atoms with Gasteiger partial charge in [-0.1, -0.05) is 48.9 Å². The van der Waals surface area contributed by atoms with Crippen molar-refractivity contribution in [1.82, 2.24) is 14.8 Å². The minimum absolute atomic E-state index is 0.148. The van der Waals surface area contributed by atoms with Crippen molar-refractivity contribution < 1.29 is 8.42 Å². The molecular formula is C26H23ClN4O2S. The molecule has 0 N–H and O–H groups in total. The molecule has 4 aromatic rings. The number of hydrogen-bond acceptors (Lipinski definition) is 5. The fraction of sp³-hybridized carbons (Fsp3) is 0.192. The quantitative estimate of drug-likeness (QED) is 0.326. The highest BCUT2D eigenvalue weighted by atomic mass is 35.5. The number of nitrogens with zero attached hydrogens (tertiary/aromatic N) is 4. The smallest absolute Gasteiger partial charge is 0.207 e. The Labute approximate surface area is 204 Å². The van der Waals surface area contributed by atoms with Crippen molar-refractivity contribution in [2.24, 2.45) is 0 Å². The van der Waals surface area contributed by atoms with E-state index in [0.29, 0.717) is 40.2 Å². The summed E-state index contributed by atoms with van der Waals surface area (Å²) in [6, 6.07) is 19.5. The van der Waals surface area contributed by atoms with Crippen LogP contribution in [0.4, 0.5) is 0 Å². The van der Waals surface area contributed by atoms with Gasteiger partial charge in [0.25, 0.3) is 0 Å². The molecule has 3 aromatic carbocycles. The average molecular weight is 491 g/mol. The Morgan fingerprint density at radius 2 is 1.82 bits per heavy atom. The zero-order chi connectivity index (χ0) is 24.3. The summed E-state index contributed by atoms with van der Waals surface area (Å²) in [6.45, 7) is 4.22. The van der Waals surface area contributed by atoms with E-state index in [0.717, 1.165) is 5.56 Å². The number of hydrogen-bond donors (Lipinski definition) is 0. The molecule has 4 rings (SSSR count). The van der Waals surface area contributed by atoms with Gasteiger partial charge in [0.2, 0.25) is 9.84 Å². The predicted molar refractivity (Wildman–Crippen MR) is 131 cm³/mol. The van der Waals surface area contributed by atoms with Crippen LogP contribution in [0, 0.1) is 18.3 Å². The second-order valence-corrected chi connectivity index (χ2v) is 10.3. The molecule has 0 saturated heterocycles. The van der Waals surface area contributed by atoms with Crippen LogP contribution in [0.1, 0.15) is 36.0 Å². The van der Waals surface area contributed by atoms with Crippen LogP contribution >= 0.6 is 11.6 Å². The summed E-state index contributed by atoms with van der Waals surface area (Å²) in [4.78, 5) is 4.37. The lowest BCUT2D eigenvalue weighted by Crippen LogP contribution is -2.16. The van der Waals surface area contributed by atoms with E-state index in [9.17, 15) is 13.7 Å². The van der Waals surface area contributed by atoms with Crippen LogP contribution in [0.3, 0.4) is 0 Å². The third-order valence-electron chi connectivity index (χ3n) is 5.95. The SMILES string of the molecule is CCC(Cn1cncn1)c1cc(C#N)c(C)c(-c2ccccc2)c1S(=O)(=O)c1ccc(Cl)cc1. The molecule has 6 nitrogen and oxygen atoms in total. The van der Waals surface area contributed by atoms with Crippen LogP contribution in [0.15, 0.2) is 83.1 Å². The highest BCUT2D eigenvalue weighted by molar-refractivity contribution is 7.91. The highest BCUT2D eigenvalue weighted by Crippen LogP contribution is 2.42. The summed E-state index contributed by atoms with van der Waals surface area (Å²) in [6.07, 6.45) is 3.70. The molecule has 1 aromatic heterocycles. The van der Waals surface area contributed by atoms with Gasteiger partial charge in [-0.05, 0) is 60.4 Å². The van der Waals surface area contributed by atoms with Crippen molar-refractivity contribution in [3.05, 3.63) is 95.0 Å². The van der Waals surface area contributed by atoms with Gasteiger partial charge in [-0.2, -0.15) is 10.4 Å². The molecule has 34 heavy (non-hydrogen) atoms. The molecule has 0 aliphatic rings. The minimum atomic E-state index is -3.96. The lowest BCUT2D eigenvalue weighted by Gasteiger charge is -2.24. The number of rotatable bonds is 7. The van der Waals surface area contributed by atoms with Crippen LogP contribution in [0.25, 0.3) is 11.1 Å². The normalized spacial score (nSPS) is 12.3. The molecule has 1 heterocycles. The maximum atomic E-state index is 14.2. The van der Waals surface area contributed by atoms with Crippen molar-refractivity contribution in [3.8, 4) is 17.2 Å². The van der Waals surface area contributed by atoms with Gasteiger partial charge in [0.05, 0.1) is 21.4 Å². The lowest BCUT2D eigenvalue weighted by molar-refractivity contribution is 0.496. The second kappa shape index (κ2) is 9.80. The minimum Gasteiger partial charge on any atom is -0.252 e. The summed E-state index contributed by atoms with van der Waals surface area (Å²) in [5.41, 5.74) is 2.94. The Hall–Kier alpha value is -3.47. The Kier molecular flexibility index (Phi) is 6.82. The summed E-state index contributed by atoms with van der Waals surface area (Å²) >= 11 is 6.04. The van der Waals surface area contributed by atoms with Crippen molar-refractivity contribution >= 4 is 21.4 Å². The van der Waals surface area contributed by atoms with Gasteiger partial charge in [-0.25, -0.2) is 13.4 Å². The third-order valence-corrected chi connectivity index (χ3v) is 8.07. The standard InChI is InChI=1S/C26H23ClN4O2S/c1-3-19(15-31-17-29-16-30-31)24-13-21(14-28)18(2)25(20-7-5-4-6-8-20)26(24)34(32,33)23-11-9-22(27)10-12-23/h4-13,16-17,19H,3,15H2,1-2H3. The van der Waals surface area contributed by atoms with Crippen molar-refractivity contribution in [2.45, 2.75) is 42.5 Å². The average Bonchev–Trinajstić information content (AvgIpc) is 3.36. The van der Waals surface area contributed by atoms with Crippen LogP contribution in [0.2, 0.25) is 5.02 Å². The molecule has 1 atom stereocenters. The molecular weight excluding hydrogens is 468 g/mol. The van der Waals surface area contributed by atoms with Crippen molar-refractivity contribution in [3.63, 3.8) is 0 Å². The van der Waals surface area contributed by atoms with Gasteiger partial charge in [-0.3, -0.25) is 4.68 Å². The van der Waals surface area contributed by atoms with Gasteiger partial charge < -0.3 is 0 Å². The van der Waals surface area contributed by atoms with E-state index >= 15 is 0 Å².